The Kier molecular flexibility index (Phi) is 4.41. The van der Waals surface area contributed by atoms with Gasteiger partial charge in [0.1, 0.15) is 12.4 Å². The van der Waals surface area contributed by atoms with Crippen LogP contribution < -0.4 is 9.64 Å². The minimum absolute atomic E-state index is 0.617. The molecule has 0 saturated carbocycles. The number of benzene rings is 2. The number of piperazine rings is 1. The molecule has 0 amide bonds. The number of rotatable bonds is 4. The zero-order valence-electron chi connectivity index (χ0n) is 12.5. The molecule has 0 bridgehead atoms. The zero-order valence-corrected chi connectivity index (χ0v) is 12.5. The Hall–Kier alpha value is -2.00. The molecule has 1 fully saturated rings. The van der Waals surface area contributed by atoms with Gasteiger partial charge in [-0.05, 0) is 24.7 Å². The molecule has 2 aromatic carbocycles. The molecule has 3 heteroatoms. The summed E-state index contributed by atoms with van der Waals surface area (Å²) in [5.74, 6) is 0.978. The molecule has 0 atom stereocenters. The molecule has 1 heterocycles. The molecule has 3 nitrogen and oxygen atoms in total. The molecular weight excluding hydrogens is 260 g/mol. The highest BCUT2D eigenvalue weighted by atomic mass is 16.5. The molecule has 0 aliphatic carbocycles. The van der Waals surface area contributed by atoms with Crippen LogP contribution in [0.3, 0.4) is 0 Å². The Morgan fingerprint density at radius 3 is 2.29 bits per heavy atom. The predicted octanol–water partition coefficient (Wildman–Crippen LogP) is 3.02. The van der Waals surface area contributed by atoms with E-state index in [1.165, 1.54) is 11.3 Å². The van der Waals surface area contributed by atoms with Gasteiger partial charge in [0.05, 0.1) is 5.69 Å². The Bertz CT molecular complexity index is 562. The normalized spacial score (nSPS) is 16.0. The van der Waals surface area contributed by atoms with Crippen LogP contribution in [0.2, 0.25) is 0 Å². The largest absolute Gasteiger partial charge is 0.487 e. The molecule has 1 aliphatic heterocycles. The second-order valence-corrected chi connectivity index (χ2v) is 5.53. The fourth-order valence-electron chi connectivity index (χ4n) is 2.62. The van der Waals surface area contributed by atoms with Gasteiger partial charge in [-0.15, -0.1) is 0 Å². The Morgan fingerprint density at radius 2 is 1.52 bits per heavy atom. The minimum Gasteiger partial charge on any atom is -0.487 e. The molecule has 21 heavy (non-hydrogen) atoms. The van der Waals surface area contributed by atoms with Gasteiger partial charge in [-0.25, -0.2) is 0 Å². The highest BCUT2D eigenvalue weighted by molar-refractivity contribution is 5.58. The van der Waals surface area contributed by atoms with E-state index in [1.54, 1.807) is 0 Å². The van der Waals surface area contributed by atoms with Gasteiger partial charge in [0.25, 0.3) is 0 Å². The molecule has 3 rings (SSSR count). The highest BCUT2D eigenvalue weighted by Gasteiger charge is 2.17. The van der Waals surface area contributed by atoms with Gasteiger partial charge < -0.3 is 14.5 Å². The van der Waals surface area contributed by atoms with Crippen LogP contribution in [0.4, 0.5) is 5.69 Å². The quantitative estimate of drug-likeness (QED) is 0.857. The first-order valence-corrected chi connectivity index (χ1v) is 7.52. The van der Waals surface area contributed by atoms with E-state index in [0.29, 0.717) is 6.61 Å². The average Bonchev–Trinajstić information content (AvgIpc) is 2.55. The summed E-state index contributed by atoms with van der Waals surface area (Å²) in [5.41, 5.74) is 2.41. The van der Waals surface area contributed by atoms with Gasteiger partial charge in [0, 0.05) is 26.2 Å². The van der Waals surface area contributed by atoms with Crippen molar-refractivity contribution in [3.8, 4) is 5.75 Å². The lowest BCUT2D eigenvalue weighted by atomic mass is 10.2. The van der Waals surface area contributed by atoms with E-state index < -0.39 is 0 Å². The first-order valence-electron chi connectivity index (χ1n) is 7.52. The molecule has 2 aromatic rings. The molecule has 0 radical (unpaired) electrons. The summed E-state index contributed by atoms with van der Waals surface area (Å²) >= 11 is 0. The van der Waals surface area contributed by atoms with Gasteiger partial charge >= 0.3 is 0 Å². The fraction of sp³-hybridized carbons (Fsp3) is 0.333. The number of anilines is 1. The van der Waals surface area contributed by atoms with Crippen molar-refractivity contribution < 1.29 is 4.74 Å². The number of likely N-dealkylation sites (N-methyl/N-ethyl adjacent to an activating group) is 1. The third-order valence-corrected chi connectivity index (χ3v) is 3.95. The van der Waals surface area contributed by atoms with Crippen LogP contribution in [0.5, 0.6) is 5.75 Å². The van der Waals surface area contributed by atoms with Gasteiger partial charge in [-0.3, -0.25) is 0 Å². The molecule has 1 aliphatic rings. The summed E-state index contributed by atoms with van der Waals surface area (Å²) in [6, 6.07) is 18.7. The van der Waals surface area contributed by atoms with Crippen LogP contribution in [-0.2, 0) is 6.61 Å². The molecule has 0 unspecified atom stereocenters. The van der Waals surface area contributed by atoms with Crippen LogP contribution in [-0.4, -0.2) is 38.1 Å². The van der Waals surface area contributed by atoms with Crippen LogP contribution >= 0.6 is 0 Å². The van der Waals surface area contributed by atoms with E-state index in [9.17, 15) is 0 Å². The summed E-state index contributed by atoms with van der Waals surface area (Å²) in [6.07, 6.45) is 0. The standard InChI is InChI=1S/C18H22N2O/c1-19-11-13-20(14-12-19)17-9-5-6-10-18(17)21-15-16-7-3-2-4-8-16/h2-10H,11-15H2,1H3. The molecule has 0 spiro atoms. The van der Waals surface area contributed by atoms with Crippen LogP contribution in [0, 0.1) is 0 Å². The van der Waals surface area contributed by atoms with Crippen molar-refractivity contribution in [2.45, 2.75) is 6.61 Å². The topological polar surface area (TPSA) is 15.7 Å². The predicted molar refractivity (Wildman–Crippen MR) is 86.9 cm³/mol. The SMILES string of the molecule is CN1CCN(c2ccccc2OCc2ccccc2)CC1. The van der Waals surface area contributed by atoms with Crippen molar-refractivity contribution in [2.24, 2.45) is 0 Å². The zero-order chi connectivity index (χ0) is 14.5. The Labute approximate surface area is 126 Å². The number of hydrogen-bond donors (Lipinski definition) is 0. The lowest BCUT2D eigenvalue weighted by Crippen LogP contribution is -2.44. The van der Waals surface area contributed by atoms with Gasteiger partial charge in [-0.1, -0.05) is 42.5 Å². The van der Waals surface area contributed by atoms with E-state index in [1.807, 2.05) is 24.3 Å². The van der Waals surface area contributed by atoms with Crippen LogP contribution in [0.1, 0.15) is 5.56 Å². The summed E-state index contributed by atoms with van der Waals surface area (Å²) in [7, 11) is 2.18. The van der Waals surface area contributed by atoms with Crippen molar-refractivity contribution in [1.82, 2.24) is 4.90 Å². The van der Waals surface area contributed by atoms with Crippen molar-refractivity contribution in [3.05, 3.63) is 60.2 Å². The highest BCUT2D eigenvalue weighted by Crippen LogP contribution is 2.29. The second kappa shape index (κ2) is 6.64. The summed E-state index contributed by atoms with van der Waals surface area (Å²) in [4.78, 5) is 4.78. The Balaban J connectivity index is 1.70. The second-order valence-electron chi connectivity index (χ2n) is 5.53. The van der Waals surface area contributed by atoms with Crippen LogP contribution in [0.15, 0.2) is 54.6 Å². The van der Waals surface area contributed by atoms with Crippen molar-refractivity contribution in [2.75, 3.05) is 38.1 Å². The van der Waals surface area contributed by atoms with Crippen molar-refractivity contribution in [1.29, 1.82) is 0 Å². The van der Waals surface area contributed by atoms with E-state index in [4.69, 9.17) is 4.74 Å². The van der Waals surface area contributed by atoms with E-state index in [0.717, 1.165) is 31.9 Å². The maximum Gasteiger partial charge on any atom is 0.143 e. The molecule has 0 aromatic heterocycles. The number of nitrogens with zero attached hydrogens (tertiary/aromatic N) is 2. The number of hydrogen-bond acceptors (Lipinski definition) is 3. The smallest absolute Gasteiger partial charge is 0.143 e. The third-order valence-electron chi connectivity index (χ3n) is 3.95. The molecular formula is C18H22N2O. The lowest BCUT2D eigenvalue weighted by Gasteiger charge is -2.34. The maximum absolute atomic E-state index is 6.05. The van der Waals surface area contributed by atoms with E-state index in [2.05, 4.69) is 47.2 Å². The number of para-hydroxylation sites is 2. The van der Waals surface area contributed by atoms with E-state index >= 15 is 0 Å². The first-order chi connectivity index (χ1) is 10.3. The number of ether oxygens (including phenoxy) is 1. The Morgan fingerprint density at radius 1 is 0.857 bits per heavy atom. The third kappa shape index (κ3) is 3.56. The first kappa shape index (κ1) is 14.0. The molecule has 110 valence electrons. The minimum atomic E-state index is 0.617. The van der Waals surface area contributed by atoms with Crippen molar-refractivity contribution in [3.63, 3.8) is 0 Å². The summed E-state index contributed by atoms with van der Waals surface area (Å²) < 4.78 is 6.05. The fourth-order valence-corrected chi connectivity index (χ4v) is 2.62. The van der Waals surface area contributed by atoms with Gasteiger partial charge in [-0.2, -0.15) is 0 Å². The van der Waals surface area contributed by atoms with E-state index in [-0.39, 0.29) is 0 Å². The van der Waals surface area contributed by atoms with Crippen molar-refractivity contribution >= 4 is 5.69 Å². The van der Waals surface area contributed by atoms with Gasteiger partial charge in [0.2, 0.25) is 0 Å². The summed E-state index contributed by atoms with van der Waals surface area (Å²) in [5, 5.41) is 0. The molecule has 0 N–H and O–H groups in total. The monoisotopic (exact) mass is 282 g/mol. The van der Waals surface area contributed by atoms with Gasteiger partial charge in [0.15, 0.2) is 0 Å². The molecule has 1 saturated heterocycles. The van der Waals surface area contributed by atoms with Crippen LogP contribution in [0.25, 0.3) is 0 Å². The lowest BCUT2D eigenvalue weighted by molar-refractivity contribution is 0.296. The maximum atomic E-state index is 6.05. The average molecular weight is 282 g/mol. The summed E-state index contributed by atoms with van der Waals surface area (Å²) in [6.45, 7) is 4.94.